The van der Waals surface area contributed by atoms with Gasteiger partial charge in [-0.2, -0.15) is 15.0 Å². The highest BCUT2D eigenvalue weighted by Crippen LogP contribution is 2.25. The van der Waals surface area contributed by atoms with Crippen LogP contribution >= 0.6 is 11.6 Å². The smallest absolute Gasteiger partial charge is 0.233 e. The first kappa shape index (κ1) is 14.3. The SMILES string of the molecule is CNc1nc(Nc2cc(F)ccc2Cl)nc(N(C)C)n1. The van der Waals surface area contributed by atoms with Gasteiger partial charge in [0.05, 0.1) is 10.7 Å². The lowest BCUT2D eigenvalue weighted by atomic mass is 10.3. The third-order valence-electron chi connectivity index (χ3n) is 2.42. The molecule has 0 aliphatic rings. The summed E-state index contributed by atoms with van der Waals surface area (Å²) in [5.74, 6) is 0.756. The number of anilines is 4. The number of nitrogens with one attached hydrogen (secondary N) is 2. The molecule has 8 heteroatoms. The molecule has 0 atom stereocenters. The molecule has 0 spiro atoms. The molecule has 0 fully saturated rings. The molecule has 1 heterocycles. The van der Waals surface area contributed by atoms with Gasteiger partial charge < -0.3 is 15.5 Å². The normalized spacial score (nSPS) is 10.2. The van der Waals surface area contributed by atoms with E-state index in [2.05, 4.69) is 25.6 Å². The number of rotatable bonds is 4. The molecule has 0 saturated heterocycles. The topological polar surface area (TPSA) is 66.0 Å². The summed E-state index contributed by atoms with van der Waals surface area (Å²) in [5, 5.41) is 6.10. The summed E-state index contributed by atoms with van der Waals surface area (Å²) in [7, 11) is 5.33. The van der Waals surface area contributed by atoms with Crippen LogP contribution in [0.3, 0.4) is 0 Å². The number of nitrogens with zero attached hydrogens (tertiary/aromatic N) is 4. The summed E-state index contributed by atoms with van der Waals surface area (Å²) in [6, 6.07) is 4.03. The summed E-state index contributed by atoms with van der Waals surface area (Å²) in [6.45, 7) is 0. The van der Waals surface area contributed by atoms with Gasteiger partial charge in [-0.3, -0.25) is 0 Å². The molecule has 106 valence electrons. The maximum atomic E-state index is 13.2. The van der Waals surface area contributed by atoms with Gasteiger partial charge in [0.15, 0.2) is 0 Å². The molecular formula is C12H14ClFN6. The van der Waals surface area contributed by atoms with Crippen LogP contribution in [-0.2, 0) is 0 Å². The van der Waals surface area contributed by atoms with Crippen LogP contribution in [0.2, 0.25) is 5.02 Å². The quantitative estimate of drug-likeness (QED) is 0.904. The van der Waals surface area contributed by atoms with Crippen molar-refractivity contribution in [2.75, 3.05) is 36.7 Å². The van der Waals surface area contributed by atoms with E-state index in [1.807, 2.05) is 14.1 Å². The Balaban J connectivity index is 2.37. The maximum absolute atomic E-state index is 13.2. The minimum Gasteiger partial charge on any atom is -0.357 e. The fraction of sp³-hybridized carbons (Fsp3) is 0.250. The highest BCUT2D eigenvalue weighted by molar-refractivity contribution is 6.33. The second-order valence-electron chi connectivity index (χ2n) is 4.18. The Morgan fingerprint density at radius 3 is 2.50 bits per heavy atom. The van der Waals surface area contributed by atoms with Crippen molar-refractivity contribution in [3.63, 3.8) is 0 Å². The van der Waals surface area contributed by atoms with Gasteiger partial charge in [0, 0.05) is 21.1 Å². The number of hydrogen-bond donors (Lipinski definition) is 2. The van der Waals surface area contributed by atoms with Crippen molar-refractivity contribution >= 4 is 35.1 Å². The maximum Gasteiger partial charge on any atom is 0.233 e. The molecule has 0 aliphatic carbocycles. The highest BCUT2D eigenvalue weighted by Gasteiger charge is 2.09. The first-order valence-corrected chi connectivity index (χ1v) is 6.20. The van der Waals surface area contributed by atoms with E-state index >= 15 is 0 Å². The van der Waals surface area contributed by atoms with Crippen molar-refractivity contribution in [1.29, 1.82) is 0 Å². The zero-order valence-corrected chi connectivity index (χ0v) is 12.0. The van der Waals surface area contributed by atoms with Gasteiger partial charge in [-0.05, 0) is 18.2 Å². The van der Waals surface area contributed by atoms with Gasteiger partial charge in [0.1, 0.15) is 5.82 Å². The average molecular weight is 297 g/mol. The van der Waals surface area contributed by atoms with Crippen LogP contribution in [-0.4, -0.2) is 36.1 Å². The van der Waals surface area contributed by atoms with Gasteiger partial charge in [-0.15, -0.1) is 0 Å². The van der Waals surface area contributed by atoms with E-state index in [-0.39, 0.29) is 5.95 Å². The first-order valence-electron chi connectivity index (χ1n) is 5.83. The summed E-state index contributed by atoms with van der Waals surface area (Å²) >= 11 is 6.00. The Kier molecular flexibility index (Phi) is 4.19. The number of benzene rings is 1. The van der Waals surface area contributed by atoms with Gasteiger partial charge >= 0.3 is 0 Å². The van der Waals surface area contributed by atoms with Crippen LogP contribution in [0, 0.1) is 5.82 Å². The summed E-state index contributed by atoms with van der Waals surface area (Å²) in [6.07, 6.45) is 0. The lowest BCUT2D eigenvalue weighted by Gasteiger charge is -2.13. The van der Waals surface area contributed by atoms with Crippen molar-refractivity contribution in [3.05, 3.63) is 29.0 Å². The largest absolute Gasteiger partial charge is 0.357 e. The van der Waals surface area contributed by atoms with Crippen molar-refractivity contribution in [2.45, 2.75) is 0 Å². The lowest BCUT2D eigenvalue weighted by molar-refractivity contribution is 0.628. The average Bonchev–Trinajstić information content (AvgIpc) is 2.42. The van der Waals surface area contributed by atoms with Gasteiger partial charge in [0.25, 0.3) is 0 Å². The fourth-order valence-corrected chi connectivity index (χ4v) is 1.61. The predicted octanol–water partition coefficient (Wildman–Crippen LogP) is 2.52. The van der Waals surface area contributed by atoms with E-state index in [9.17, 15) is 4.39 Å². The van der Waals surface area contributed by atoms with Crippen LogP contribution in [0.1, 0.15) is 0 Å². The zero-order chi connectivity index (χ0) is 14.7. The van der Waals surface area contributed by atoms with Crippen molar-refractivity contribution < 1.29 is 4.39 Å². The van der Waals surface area contributed by atoms with Crippen LogP contribution in [0.15, 0.2) is 18.2 Å². The number of halogens is 2. The molecule has 0 amide bonds. The lowest BCUT2D eigenvalue weighted by Crippen LogP contribution is -2.15. The monoisotopic (exact) mass is 296 g/mol. The third kappa shape index (κ3) is 3.24. The van der Waals surface area contributed by atoms with Crippen LogP contribution in [0.25, 0.3) is 0 Å². The molecular weight excluding hydrogens is 283 g/mol. The molecule has 1 aromatic carbocycles. The third-order valence-corrected chi connectivity index (χ3v) is 2.75. The Bertz CT molecular complexity index is 619. The van der Waals surface area contributed by atoms with E-state index in [4.69, 9.17) is 11.6 Å². The molecule has 2 rings (SSSR count). The molecule has 2 aromatic rings. The predicted molar refractivity (Wildman–Crippen MR) is 78.4 cm³/mol. The molecule has 0 radical (unpaired) electrons. The summed E-state index contributed by atoms with van der Waals surface area (Å²) < 4.78 is 13.2. The van der Waals surface area contributed by atoms with Gasteiger partial charge in [-0.25, -0.2) is 4.39 Å². The number of aromatic nitrogens is 3. The minimum absolute atomic E-state index is 0.278. The Morgan fingerprint density at radius 2 is 1.85 bits per heavy atom. The zero-order valence-electron chi connectivity index (χ0n) is 11.3. The molecule has 0 aliphatic heterocycles. The van der Waals surface area contributed by atoms with E-state index in [0.717, 1.165) is 0 Å². The van der Waals surface area contributed by atoms with Crippen LogP contribution in [0.5, 0.6) is 0 Å². The molecule has 0 unspecified atom stereocenters. The molecule has 1 aromatic heterocycles. The standard InChI is InChI=1S/C12H14ClFN6/c1-15-10-17-11(19-12(18-10)20(2)3)16-9-6-7(14)4-5-8(9)13/h4-6H,1-3H3,(H2,15,16,17,18,19). The summed E-state index contributed by atoms with van der Waals surface area (Å²) in [4.78, 5) is 14.3. The van der Waals surface area contributed by atoms with Gasteiger partial charge in [0.2, 0.25) is 17.8 Å². The molecule has 20 heavy (non-hydrogen) atoms. The Labute approximate surface area is 121 Å². The second-order valence-corrected chi connectivity index (χ2v) is 4.58. The molecule has 0 bridgehead atoms. The number of hydrogen-bond acceptors (Lipinski definition) is 6. The molecule has 2 N–H and O–H groups in total. The van der Waals surface area contributed by atoms with E-state index < -0.39 is 5.82 Å². The summed E-state index contributed by atoms with van der Waals surface area (Å²) in [5.41, 5.74) is 0.393. The second kappa shape index (κ2) is 5.87. The van der Waals surface area contributed by atoms with E-state index in [0.29, 0.717) is 22.6 Å². The Morgan fingerprint density at radius 1 is 1.15 bits per heavy atom. The van der Waals surface area contributed by atoms with Crippen LogP contribution < -0.4 is 15.5 Å². The fourth-order valence-electron chi connectivity index (χ4n) is 1.45. The van der Waals surface area contributed by atoms with E-state index in [1.165, 1.54) is 18.2 Å². The van der Waals surface area contributed by atoms with Crippen molar-refractivity contribution in [2.24, 2.45) is 0 Å². The van der Waals surface area contributed by atoms with Crippen LogP contribution in [0.4, 0.5) is 27.9 Å². The first-order chi connectivity index (χ1) is 9.49. The van der Waals surface area contributed by atoms with E-state index in [1.54, 1.807) is 11.9 Å². The molecule has 0 saturated carbocycles. The van der Waals surface area contributed by atoms with Gasteiger partial charge in [-0.1, -0.05) is 11.6 Å². The van der Waals surface area contributed by atoms with Crippen molar-refractivity contribution in [1.82, 2.24) is 15.0 Å². The molecule has 6 nitrogen and oxygen atoms in total. The minimum atomic E-state index is -0.396. The Hall–Kier alpha value is -2.15. The van der Waals surface area contributed by atoms with Crippen molar-refractivity contribution in [3.8, 4) is 0 Å². The highest BCUT2D eigenvalue weighted by atomic mass is 35.5.